The lowest BCUT2D eigenvalue weighted by molar-refractivity contribution is -0.155. The van der Waals surface area contributed by atoms with Crippen LogP contribution in [-0.4, -0.2) is 147 Å². The fourth-order valence-corrected chi connectivity index (χ4v) is 14.1. The third-order valence-electron chi connectivity index (χ3n) is 17.3. The van der Waals surface area contributed by atoms with E-state index in [2.05, 4.69) is 54.3 Å². The van der Waals surface area contributed by atoms with Crippen LogP contribution in [0.4, 0.5) is 4.79 Å². The number of likely N-dealkylation sites (N-methyl/N-ethyl adjacent to an activating group) is 2. The molecule has 19 nitrogen and oxygen atoms in total. The Labute approximate surface area is 488 Å². The third-order valence-corrected chi connectivity index (χ3v) is 18.8. The molecule has 2 aromatic heterocycles. The highest BCUT2D eigenvalue weighted by atomic mass is 32.2. The first-order valence-electron chi connectivity index (χ1n) is 29.1. The number of hydrazine groups is 1. The number of ether oxygens (including phenoxy) is 4. The summed E-state index contributed by atoms with van der Waals surface area (Å²) in [5.41, 5.74) is 10.2. The van der Waals surface area contributed by atoms with Crippen molar-refractivity contribution in [3.63, 3.8) is 0 Å². The standard InChI is InChI=1S/C63H78N8O11S/c1-10-69-51-26-23-42-33-47(51)48(56(69)46-17-13-27-64-53(46)38(3)79-8)34-63(4,5)36-81-61(76)49-18-14-28-70(66-49)59(74)50(31-39-29-43(42)32-44(30-39)82-62(77)80-9)65-58(73)55(40-15-11-12-16-40)68(7)52(72)35-67(6)60(75)57-54(41-21-22-41)71(57)83(78)45-24-19-37(2)20-25-45/h13,17,19-20,23-27,29-30,32-33,38,40-41,49-50,54-55,57,66H,10-12,14-16,18,21-22,28,31,34-36H2,1-9H3,(H,65,73)/t38-,49-,50-,54?,55-,57+,71?,83+/m0/s1. The molecule has 4 fully saturated rings. The van der Waals surface area contributed by atoms with Crippen molar-refractivity contribution in [3.8, 4) is 28.1 Å². The molecule has 5 aliphatic rings. The zero-order valence-electron chi connectivity index (χ0n) is 49.1. The Balaban J connectivity index is 0.998. The molecule has 3 aliphatic heterocycles. The van der Waals surface area contributed by atoms with Gasteiger partial charge in [-0.25, -0.2) is 18.7 Å². The average Bonchev–Trinajstić information content (AvgIpc) is 2.59. The Morgan fingerprint density at radius 2 is 1.69 bits per heavy atom. The quantitative estimate of drug-likeness (QED) is 0.0582. The summed E-state index contributed by atoms with van der Waals surface area (Å²) < 4.78 is 40.6. The molecule has 2 unspecified atom stereocenters. The highest BCUT2D eigenvalue weighted by molar-refractivity contribution is 7.83. The zero-order chi connectivity index (χ0) is 59.0. The SMILES string of the molecule is CCn1c(-c2cccnc2[C@H](C)OC)c2c3cc(ccc31)-c1cc(cc(OC(=O)OC)c1)C[C@H](NC(=O)[C@H](C1CCCC1)N(C)C(=O)CN(C)C(=O)[C@H]1C(C3CC3)N1[S@](=O)c1ccc(C)cc1)C(=O)N1CCC[C@H](N1)C(=O)OCC(C)(C)C2. The molecule has 2 aliphatic carbocycles. The van der Waals surface area contributed by atoms with E-state index in [4.69, 9.17) is 23.9 Å². The molecule has 0 radical (unpaired) electrons. The van der Waals surface area contributed by atoms with Crippen LogP contribution in [0.5, 0.6) is 5.75 Å². The first-order chi connectivity index (χ1) is 39.8. The van der Waals surface area contributed by atoms with Gasteiger partial charge in [-0.15, -0.1) is 0 Å². The Kier molecular flexibility index (Phi) is 17.6. The van der Waals surface area contributed by atoms with E-state index in [1.807, 2.05) is 56.3 Å². The summed E-state index contributed by atoms with van der Waals surface area (Å²) in [5.74, 6) is -2.25. The number of carbonyl (C=O) groups excluding carboxylic acids is 6. The van der Waals surface area contributed by atoms with Crippen molar-refractivity contribution in [2.45, 2.75) is 147 Å². The number of fused-ring (bicyclic) bond motifs is 6. The van der Waals surface area contributed by atoms with Gasteiger partial charge in [0.15, 0.2) is 0 Å². The second kappa shape index (κ2) is 24.7. The second-order valence-electron chi connectivity index (χ2n) is 24.0. The molecule has 2 N–H and O–H groups in total. The van der Waals surface area contributed by atoms with Gasteiger partial charge >= 0.3 is 12.1 Å². The molecule has 20 heteroatoms. The summed E-state index contributed by atoms with van der Waals surface area (Å²) in [7, 11) is 4.44. The smallest absolute Gasteiger partial charge is 0.464 e. The Morgan fingerprint density at radius 3 is 2.39 bits per heavy atom. The molecule has 0 spiro atoms. The van der Waals surface area contributed by atoms with Gasteiger partial charge in [0.2, 0.25) is 17.7 Å². The first-order valence-corrected chi connectivity index (χ1v) is 30.3. The summed E-state index contributed by atoms with van der Waals surface area (Å²) in [5, 5.41) is 5.41. The highest BCUT2D eigenvalue weighted by Gasteiger charge is 2.62. The first kappa shape index (κ1) is 59.2. The second-order valence-corrected chi connectivity index (χ2v) is 25.3. The van der Waals surface area contributed by atoms with Crippen LogP contribution in [0.15, 0.2) is 83.9 Å². The predicted octanol–water partition coefficient (Wildman–Crippen LogP) is 7.86. The topological polar surface area (TPSA) is 211 Å². The maximum atomic E-state index is 15.3. The molecule has 5 aromatic rings. The molecule has 442 valence electrons. The van der Waals surface area contributed by atoms with E-state index in [0.29, 0.717) is 54.7 Å². The number of benzene rings is 3. The van der Waals surface area contributed by atoms with Gasteiger partial charge in [-0.2, -0.15) is 0 Å². The van der Waals surface area contributed by atoms with Crippen LogP contribution in [0.25, 0.3) is 33.3 Å². The number of nitrogens with zero attached hydrogens (tertiary/aromatic N) is 6. The van der Waals surface area contributed by atoms with Gasteiger partial charge in [-0.3, -0.25) is 34.0 Å². The molecule has 6 bridgehead atoms. The number of amides is 4. The molecule has 2 saturated heterocycles. The van der Waals surface area contributed by atoms with Gasteiger partial charge in [-0.05, 0) is 148 Å². The van der Waals surface area contributed by atoms with E-state index in [1.54, 1.807) is 43.8 Å². The molecule has 8 atom stereocenters. The maximum Gasteiger partial charge on any atom is 0.513 e. The van der Waals surface area contributed by atoms with E-state index in [9.17, 15) is 23.4 Å². The number of nitrogens with one attached hydrogen (secondary N) is 2. The molecule has 2 saturated carbocycles. The number of esters is 1. The Hall–Kier alpha value is -7.00. The molecular weight excluding hydrogens is 1080 g/mol. The molecular formula is C63H78N8O11S. The van der Waals surface area contributed by atoms with Crippen LogP contribution < -0.4 is 15.5 Å². The maximum absolute atomic E-state index is 15.3. The molecule has 83 heavy (non-hydrogen) atoms. The van der Waals surface area contributed by atoms with Crippen molar-refractivity contribution in [2.24, 2.45) is 17.3 Å². The van der Waals surface area contributed by atoms with Gasteiger partial charge in [-0.1, -0.05) is 56.5 Å². The van der Waals surface area contributed by atoms with E-state index >= 15 is 9.59 Å². The third kappa shape index (κ3) is 12.6. The fraction of sp³-hybridized carbons (Fsp3) is 0.508. The lowest BCUT2D eigenvalue weighted by Gasteiger charge is -2.37. The summed E-state index contributed by atoms with van der Waals surface area (Å²) >= 11 is 0. The number of carbonyl (C=O) groups is 6. The fourth-order valence-electron chi connectivity index (χ4n) is 12.6. The number of hydrogen-bond acceptors (Lipinski definition) is 13. The van der Waals surface area contributed by atoms with Crippen LogP contribution >= 0.6 is 0 Å². The normalized spacial score (nSPS) is 22.9. The lowest BCUT2D eigenvalue weighted by Crippen LogP contribution is -2.62. The number of rotatable bonds is 15. The summed E-state index contributed by atoms with van der Waals surface area (Å²) in [6.07, 6.45) is 6.61. The minimum Gasteiger partial charge on any atom is -0.464 e. The van der Waals surface area contributed by atoms with E-state index < -0.39 is 70.4 Å². The van der Waals surface area contributed by atoms with Gasteiger partial charge in [0.25, 0.3) is 5.91 Å². The lowest BCUT2D eigenvalue weighted by atomic mass is 9.84. The van der Waals surface area contributed by atoms with E-state index in [-0.39, 0.29) is 61.8 Å². The zero-order valence-corrected chi connectivity index (χ0v) is 49.9. The van der Waals surface area contributed by atoms with Gasteiger partial charge < -0.3 is 38.6 Å². The number of methoxy groups -OCH3 is 2. The van der Waals surface area contributed by atoms with Crippen LogP contribution in [0.3, 0.4) is 0 Å². The highest BCUT2D eigenvalue weighted by Crippen LogP contribution is 2.49. The van der Waals surface area contributed by atoms with Crippen molar-refractivity contribution < 1.29 is 51.9 Å². The average molecular weight is 1160 g/mol. The van der Waals surface area contributed by atoms with E-state index in [1.165, 1.54) is 21.9 Å². The van der Waals surface area contributed by atoms with Crippen LogP contribution in [0.2, 0.25) is 0 Å². The molecule has 3 aromatic carbocycles. The molecule has 10 rings (SSSR count). The van der Waals surface area contributed by atoms with Gasteiger partial charge in [0.05, 0.1) is 48.7 Å². The minimum absolute atomic E-state index is 0.0624. The number of cyclic esters (lactones) is 1. The molecule has 5 heterocycles. The number of aromatic nitrogens is 2. The summed E-state index contributed by atoms with van der Waals surface area (Å²) in [4.78, 5) is 94.6. The summed E-state index contributed by atoms with van der Waals surface area (Å²) in [6.45, 7) is 10.7. The van der Waals surface area contributed by atoms with Crippen molar-refractivity contribution in [1.29, 1.82) is 0 Å². The van der Waals surface area contributed by atoms with E-state index in [0.717, 1.165) is 70.2 Å². The molecule has 4 amide bonds. The van der Waals surface area contributed by atoms with Crippen molar-refractivity contribution >= 4 is 57.6 Å². The van der Waals surface area contributed by atoms with Crippen molar-refractivity contribution in [1.82, 2.24) is 39.4 Å². The van der Waals surface area contributed by atoms with Crippen molar-refractivity contribution in [2.75, 3.05) is 48.0 Å². The Morgan fingerprint density at radius 1 is 0.940 bits per heavy atom. The van der Waals surface area contributed by atoms with Crippen LogP contribution in [0.1, 0.15) is 108 Å². The monoisotopic (exact) mass is 1150 g/mol. The number of pyridine rings is 1. The van der Waals surface area contributed by atoms with Crippen LogP contribution in [0, 0.1) is 24.2 Å². The largest absolute Gasteiger partial charge is 0.513 e. The summed E-state index contributed by atoms with van der Waals surface area (Å²) in [6, 6.07) is 18.8. The van der Waals surface area contributed by atoms with Crippen LogP contribution in [-0.2, 0) is 68.6 Å². The predicted molar refractivity (Wildman–Crippen MR) is 313 cm³/mol. The van der Waals surface area contributed by atoms with Gasteiger partial charge in [0.1, 0.15) is 40.9 Å². The number of aryl methyl sites for hydroxylation is 2. The van der Waals surface area contributed by atoms with Gasteiger partial charge in [0, 0.05) is 68.8 Å². The Bertz CT molecular complexity index is 3320. The number of hydrogen-bond donors (Lipinski definition) is 2. The van der Waals surface area contributed by atoms with Crippen molar-refractivity contribution in [3.05, 3.63) is 101 Å². The minimum atomic E-state index is -1.57.